The highest BCUT2D eigenvalue weighted by atomic mass is 35.5. The van der Waals surface area contributed by atoms with E-state index in [1.54, 1.807) is 0 Å². The number of rotatable bonds is 9. The van der Waals surface area contributed by atoms with Gasteiger partial charge in [-0.1, -0.05) is 12.8 Å². The van der Waals surface area contributed by atoms with Crippen molar-refractivity contribution in [2.45, 2.75) is 69.1 Å². The van der Waals surface area contributed by atoms with Gasteiger partial charge in [-0.3, -0.25) is 13.9 Å². The summed E-state index contributed by atoms with van der Waals surface area (Å²) >= 11 is 6.19. The molecule has 2 aromatic rings. The number of fused-ring (bicyclic) bond motifs is 1. The van der Waals surface area contributed by atoms with Crippen LogP contribution in [0.25, 0.3) is 11.2 Å². The number of anilines is 1. The Kier molecular flexibility index (Phi) is 7.25. The van der Waals surface area contributed by atoms with Gasteiger partial charge in [-0.15, -0.1) is 0 Å². The van der Waals surface area contributed by atoms with Crippen molar-refractivity contribution >= 4 is 42.1 Å². The van der Waals surface area contributed by atoms with Crippen LogP contribution in [0.5, 0.6) is 0 Å². The van der Waals surface area contributed by atoms with Gasteiger partial charge in [0.15, 0.2) is 23.2 Å². The topological polar surface area (TPSA) is 183 Å². The molecule has 1 aliphatic heterocycles. The lowest BCUT2D eigenvalue weighted by atomic mass is 10.1. The number of hydrogen-bond acceptors (Lipinski definition) is 9. The van der Waals surface area contributed by atoms with E-state index in [4.69, 9.17) is 16.3 Å². The van der Waals surface area contributed by atoms with Gasteiger partial charge < -0.3 is 35.0 Å². The van der Waals surface area contributed by atoms with Gasteiger partial charge in [0.2, 0.25) is 11.2 Å². The summed E-state index contributed by atoms with van der Waals surface area (Å²) in [6.07, 6.45) is 1.84. The average Bonchev–Trinajstić information content (AvgIpc) is 3.16. The first-order chi connectivity index (χ1) is 17.1. The zero-order valence-corrected chi connectivity index (χ0v) is 21.1. The van der Waals surface area contributed by atoms with Crippen molar-refractivity contribution in [1.82, 2.24) is 24.4 Å². The first-order valence-electron chi connectivity index (χ1n) is 12.1. The largest absolute Gasteiger partial charge is 0.387 e. The third-order valence-electron chi connectivity index (χ3n) is 6.97. The first kappa shape index (κ1) is 25.8. The van der Waals surface area contributed by atoms with E-state index < -0.39 is 44.2 Å². The highest BCUT2D eigenvalue weighted by Gasteiger charge is 2.46. The van der Waals surface area contributed by atoms with Crippen LogP contribution >= 0.6 is 19.2 Å². The number of halogens is 1. The van der Waals surface area contributed by atoms with E-state index in [1.165, 1.54) is 15.8 Å². The monoisotopic (exact) mass is 544 g/mol. The summed E-state index contributed by atoms with van der Waals surface area (Å²) in [7, 11) is -4.56. The lowest BCUT2D eigenvalue weighted by Gasteiger charge is -2.27. The lowest BCUT2D eigenvalue weighted by Crippen LogP contribution is -2.44. The zero-order chi connectivity index (χ0) is 25.6. The van der Waals surface area contributed by atoms with Gasteiger partial charge in [-0.05, 0) is 43.2 Å². The van der Waals surface area contributed by atoms with E-state index in [0.717, 1.165) is 38.5 Å². The van der Waals surface area contributed by atoms with Crippen molar-refractivity contribution in [3.8, 4) is 0 Å². The molecule has 13 nitrogen and oxygen atoms in total. The summed E-state index contributed by atoms with van der Waals surface area (Å²) in [5.74, 6) is 0.00490. The van der Waals surface area contributed by atoms with Gasteiger partial charge >= 0.3 is 7.60 Å². The molecule has 3 heterocycles. The predicted molar refractivity (Wildman–Crippen MR) is 128 cm³/mol. The Hall–Kier alpha value is -1.86. The molecule has 15 heteroatoms. The minimum Gasteiger partial charge on any atom is -0.387 e. The molecule has 0 bridgehead atoms. The SMILES string of the molecule is O=C(CP(=O)(O)O)N(CC1CC1)C[C@H]1O[C@@H](n2cnc3c(NC4CCCC4)nc(Cl)nc32)[C@H](O)[C@@H]1O. The maximum Gasteiger partial charge on any atom is 0.334 e. The Balaban J connectivity index is 1.36. The molecule has 2 saturated carbocycles. The van der Waals surface area contributed by atoms with Crippen LogP contribution in [0, 0.1) is 5.92 Å². The van der Waals surface area contributed by atoms with Crippen LogP contribution in [-0.4, -0.2) is 93.9 Å². The summed E-state index contributed by atoms with van der Waals surface area (Å²) < 4.78 is 18.8. The van der Waals surface area contributed by atoms with Crippen molar-refractivity contribution < 1.29 is 34.1 Å². The molecule has 3 fully saturated rings. The number of nitrogens with one attached hydrogen (secondary N) is 1. The molecular formula is C21H30ClN6O7P. The minimum absolute atomic E-state index is 0.00651. The summed E-state index contributed by atoms with van der Waals surface area (Å²) in [5, 5.41) is 24.9. The van der Waals surface area contributed by atoms with Crippen LogP contribution in [-0.2, 0) is 14.1 Å². The molecule has 1 amide bonds. The normalized spacial score (nSPS) is 27.1. The van der Waals surface area contributed by atoms with Crippen LogP contribution in [0.15, 0.2) is 6.33 Å². The van der Waals surface area contributed by atoms with E-state index in [1.807, 2.05) is 0 Å². The van der Waals surface area contributed by atoms with E-state index in [-0.39, 0.29) is 23.8 Å². The predicted octanol–water partition coefficient (Wildman–Crippen LogP) is 0.870. The molecule has 36 heavy (non-hydrogen) atoms. The van der Waals surface area contributed by atoms with Crippen LogP contribution in [0.1, 0.15) is 44.8 Å². The Labute approximate surface area is 212 Å². The van der Waals surface area contributed by atoms with Crippen LogP contribution in [0.3, 0.4) is 0 Å². The molecule has 2 aliphatic carbocycles. The second-order valence-electron chi connectivity index (χ2n) is 9.90. The standard InChI is InChI=1S/C21H30ClN6O7P/c22-21-25-18(24-12-3-1-2-4-12)15-19(26-21)28(10-23-15)20-17(31)16(30)13(35-20)8-27(7-11-5-6-11)14(29)9-36(32,33)34/h10-13,16-17,20,30-31H,1-9H2,(H,24,25,26)(H2,32,33,34)/t13-,16-,17-,20-/m1/s1. The number of carbonyl (C=O) groups is 1. The summed E-state index contributed by atoms with van der Waals surface area (Å²) in [5.41, 5.74) is 0.770. The van der Waals surface area contributed by atoms with Gasteiger partial charge in [0.05, 0.1) is 6.33 Å². The molecule has 0 unspecified atom stereocenters. The average molecular weight is 545 g/mol. The summed E-state index contributed by atoms with van der Waals surface area (Å²) in [4.78, 5) is 45.3. The fraction of sp³-hybridized carbons (Fsp3) is 0.714. The molecule has 0 radical (unpaired) electrons. The van der Waals surface area contributed by atoms with Crippen LogP contribution in [0.2, 0.25) is 5.28 Å². The number of aromatic nitrogens is 4. The number of imidazole rings is 1. The molecule has 0 aromatic carbocycles. The Morgan fingerprint density at radius 1 is 1.17 bits per heavy atom. The summed E-state index contributed by atoms with van der Waals surface area (Å²) in [6, 6.07) is 0.256. The maximum atomic E-state index is 12.6. The zero-order valence-electron chi connectivity index (χ0n) is 19.5. The number of carbonyl (C=O) groups excluding carboxylic acids is 1. The smallest absolute Gasteiger partial charge is 0.334 e. The maximum absolute atomic E-state index is 12.6. The molecule has 5 rings (SSSR count). The fourth-order valence-corrected chi connectivity index (χ4v) is 5.65. The molecular weight excluding hydrogens is 515 g/mol. The van der Waals surface area contributed by atoms with Gasteiger partial charge in [-0.2, -0.15) is 9.97 Å². The van der Waals surface area contributed by atoms with Crippen molar-refractivity contribution in [3.05, 3.63) is 11.6 Å². The van der Waals surface area contributed by atoms with Crippen LogP contribution in [0.4, 0.5) is 5.82 Å². The Morgan fingerprint density at radius 3 is 2.56 bits per heavy atom. The Morgan fingerprint density at radius 2 is 1.89 bits per heavy atom. The summed E-state index contributed by atoms with van der Waals surface area (Å²) in [6.45, 7) is 0.181. The molecule has 0 spiro atoms. The molecule has 2 aromatic heterocycles. The quantitative estimate of drug-likeness (QED) is 0.223. The number of aliphatic hydroxyl groups is 2. The third kappa shape index (κ3) is 5.67. The lowest BCUT2D eigenvalue weighted by molar-refractivity contribution is -0.132. The van der Waals surface area contributed by atoms with Gasteiger partial charge in [0.1, 0.15) is 24.5 Å². The number of ether oxygens (including phenoxy) is 1. The number of aliphatic hydroxyl groups excluding tert-OH is 2. The van der Waals surface area contributed by atoms with Crippen molar-refractivity contribution in [2.75, 3.05) is 24.6 Å². The fourth-order valence-electron chi connectivity index (χ4n) is 4.93. The highest BCUT2D eigenvalue weighted by molar-refractivity contribution is 7.52. The highest BCUT2D eigenvalue weighted by Crippen LogP contribution is 2.37. The third-order valence-corrected chi connectivity index (χ3v) is 7.82. The van der Waals surface area contributed by atoms with Crippen molar-refractivity contribution in [1.29, 1.82) is 0 Å². The van der Waals surface area contributed by atoms with E-state index in [0.29, 0.717) is 23.5 Å². The van der Waals surface area contributed by atoms with Gasteiger partial charge in [0.25, 0.3) is 0 Å². The minimum atomic E-state index is -4.56. The van der Waals surface area contributed by atoms with Gasteiger partial charge in [-0.25, -0.2) is 4.98 Å². The molecule has 5 N–H and O–H groups in total. The second kappa shape index (κ2) is 10.1. The van der Waals surface area contributed by atoms with Crippen molar-refractivity contribution in [2.24, 2.45) is 5.92 Å². The van der Waals surface area contributed by atoms with E-state index in [9.17, 15) is 29.4 Å². The number of amides is 1. The van der Waals surface area contributed by atoms with E-state index >= 15 is 0 Å². The van der Waals surface area contributed by atoms with Crippen LogP contribution < -0.4 is 5.32 Å². The first-order valence-corrected chi connectivity index (χ1v) is 14.3. The molecule has 198 valence electrons. The van der Waals surface area contributed by atoms with E-state index in [2.05, 4.69) is 20.3 Å². The second-order valence-corrected chi connectivity index (χ2v) is 11.9. The number of hydrogen-bond donors (Lipinski definition) is 5. The Bertz CT molecular complexity index is 1170. The molecule has 1 saturated heterocycles. The van der Waals surface area contributed by atoms with Gasteiger partial charge in [0, 0.05) is 19.1 Å². The molecule has 3 aliphatic rings. The number of nitrogens with zero attached hydrogens (tertiary/aromatic N) is 5. The van der Waals surface area contributed by atoms with Crippen molar-refractivity contribution in [3.63, 3.8) is 0 Å². The molecule has 4 atom stereocenters.